The van der Waals surface area contributed by atoms with Gasteiger partial charge in [0, 0.05) is 18.5 Å². The highest BCUT2D eigenvalue weighted by Gasteiger charge is 2.55. The van der Waals surface area contributed by atoms with Crippen LogP contribution in [0.5, 0.6) is 0 Å². The number of carbonyl (C=O) groups is 2. The Morgan fingerprint density at radius 1 is 1.29 bits per heavy atom. The van der Waals surface area contributed by atoms with Gasteiger partial charge in [-0.05, 0) is 6.42 Å². The molecule has 1 aromatic carbocycles. The van der Waals surface area contributed by atoms with Crippen LogP contribution in [0.15, 0.2) is 30.3 Å². The van der Waals surface area contributed by atoms with E-state index >= 15 is 0 Å². The molecule has 0 saturated carbocycles. The number of likely N-dealkylation sites (tertiary alicyclic amines) is 1. The average Bonchev–Trinajstić information content (AvgIpc) is 2.40. The number of nitrogens with two attached hydrogens (primary N) is 1. The molecule has 0 aromatic heterocycles. The molecule has 0 aliphatic carbocycles. The summed E-state index contributed by atoms with van der Waals surface area (Å²) in [7, 11) is 0. The Kier molecular flexibility index (Phi) is 3.80. The molecule has 8 heteroatoms. The number of primary amides is 1. The largest absolute Gasteiger partial charge is 0.487 e. The van der Waals surface area contributed by atoms with Crippen LogP contribution in [0.2, 0.25) is 0 Å². The molecule has 1 aliphatic heterocycles. The van der Waals surface area contributed by atoms with Crippen molar-refractivity contribution in [3.05, 3.63) is 35.9 Å². The first kappa shape index (κ1) is 15.1. The van der Waals surface area contributed by atoms with E-state index in [1.807, 2.05) is 0 Å². The number of nitrogens with zero attached hydrogens (tertiary/aromatic N) is 1. The third-order valence-corrected chi connectivity index (χ3v) is 3.32. The molecule has 114 valence electrons. The Morgan fingerprint density at radius 3 is 2.43 bits per heavy atom. The third kappa shape index (κ3) is 2.79. The number of carbonyl (C=O) groups excluding carboxylic acids is 2. The maximum absolute atomic E-state index is 12.9. The number of amides is 2. The van der Waals surface area contributed by atoms with Crippen molar-refractivity contribution >= 4 is 12.0 Å². The van der Waals surface area contributed by atoms with Crippen LogP contribution in [-0.2, 0) is 15.1 Å². The Labute approximate surface area is 118 Å². The van der Waals surface area contributed by atoms with E-state index in [1.54, 1.807) is 18.2 Å². The van der Waals surface area contributed by atoms with E-state index in [4.69, 9.17) is 10.5 Å². The molecule has 2 amide bonds. The molecule has 1 unspecified atom stereocenters. The summed E-state index contributed by atoms with van der Waals surface area (Å²) in [5.41, 5.74) is 3.09. The van der Waals surface area contributed by atoms with E-state index in [9.17, 15) is 22.8 Å². The monoisotopic (exact) mass is 302 g/mol. The second kappa shape index (κ2) is 5.27. The molecule has 21 heavy (non-hydrogen) atoms. The summed E-state index contributed by atoms with van der Waals surface area (Å²) in [6.45, 7) is -0.473. The van der Waals surface area contributed by atoms with Gasteiger partial charge in [0.1, 0.15) is 0 Å². The Balaban J connectivity index is 2.50. The zero-order chi connectivity index (χ0) is 15.7. The first-order valence-corrected chi connectivity index (χ1v) is 6.20. The molecule has 1 heterocycles. The second-order valence-corrected chi connectivity index (χ2v) is 4.64. The number of hydrogen-bond donors (Lipinski definition) is 1. The fourth-order valence-corrected chi connectivity index (χ4v) is 2.46. The molecule has 1 saturated heterocycles. The Morgan fingerprint density at radius 2 is 1.90 bits per heavy atom. The molecule has 1 aliphatic rings. The Bertz CT molecular complexity index is 547. The van der Waals surface area contributed by atoms with Gasteiger partial charge in [0.15, 0.2) is 0 Å². The highest BCUT2D eigenvalue weighted by atomic mass is 19.4. The van der Waals surface area contributed by atoms with Crippen molar-refractivity contribution in [2.24, 2.45) is 5.73 Å². The molecule has 0 bridgehead atoms. The van der Waals surface area contributed by atoms with Gasteiger partial charge in [-0.1, -0.05) is 30.3 Å². The SMILES string of the molecule is NC(=O)OC1(c2ccccc2)CCCN(C(F)(F)F)C1=O. The molecular formula is C13H13F3N2O3. The number of halogens is 3. The van der Waals surface area contributed by atoms with E-state index in [1.165, 1.54) is 12.1 Å². The standard InChI is InChI=1S/C13H13F3N2O3/c14-13(15,16)18-8-4-7-12(10(18)19,21-11(17)20)9-5-2-1-3-6-9/h1-3,5-6H,4,7-8H2,(H2,17,20). The second-order valence-electron chi connectivity index (χ2n) is 4.64. The summed E-state index contributed by atoms with van der Waals surface area (Å²) < 4.78 is 43.6. The summed E-state index contributed by atoms with van der Waals surface area (Å²) >= 11 is 0. The van der Waals surface area contributed by atoms with Crippen molar-refractivity contribution in [1.29, 1.82) is 0 Å². The van der Waals surface area contributed by atoms with Crippen LogP contribution >= 0.6 is 0 Å². The maximum atomic E-state index is 12.9. The van der Waals surface area contributed by atoms with Gasteiger partial charge >= 0.3 is 12.4 Å². The molecule has 0 spiro atoms. The van der Waals surface area contributed by atoms with E-state index in [-0.39, 0.29) is 23.3 Å². The van der Waals surface area contributed by atoms with Gasteiger partial charge < -0.3 is 10.5 Å². The van der Waals surface area contributed by atoms with Crippen LogP contribution in [-0.4, -0.2) is 29.7 Å². The Hall–Kier alpha value is -2.25. The van der Waals surface area contributed by atoms with Crippen molar-refractivity contribution < 1.29 is 27.5 Å². The predicted molar refractivity (Wildman–Crippen MR) is 65.8 cm³/mol. The number of benzene rings is 1. The molecule has 2 N–H and O–H groups in total. The number of alkyl halides is 3. The fraction of sp³-hybridized carbons (Fsp3) is 0.385. The van der Waals surface area contributed by atoms with Gasteiger partial charge in [-0.25, -0.2) is 9.69 Å². The first-order valence-electron chi connectivity index (χ1n) is 6.20. The van der Waals surface area contributed by atoms with Gasteiger partial charge in [0.05, 0.1) is 0 Å². The minimum Gasteiger partial charge on any atom is -0.428 e. The minimum absolute atomic E-state index is 0.0351. The molecule has 5 nitrogen and oxygen atoms in total. The lowest BCUT2D eigenvalue weighted by atomic mass is 9.84. The summed E-state index contributed by atoms with van der Waals surface area (Å²) in [5, 5.41) is 0. The molecule has 1 fully saturated rings. The van der Waals surface area contributed by atoms with Crippen LogP contribution in [0.4, 0.5) is 18.0 Å². The number of hydrogen-bond acceptors (Lipinski definition) is 3. The van der Waals surface area contributed by atoms with Crippen LogP contribution in [0, 0.1) is 0 Å². The number of ether oxygens (including phenoxy) is 1. The van der Waals surface area contributed by atoms with Gasteiger partial charge in [-0.15, -0.1) is 13.2 Å². The quantitative estimate of drug-likeness (QED) is 0.850. The summed E-state index contributed by atoms with van der Waals surface area (Å²) in [5.74, 6) is -1.33. The smallest absolute Gasteiger partial charge is 0.428 e. The van der Waals surface area contributed by atoms with Crippen molar-refractivity contribution in [2.75, 3.05) is 6.54 Å². The summed E-state index contributed by atoms with van der Waals surface area (Å²) in [6, 6.07) is 7.58. The van der Waals surface area contributed by atoms with Crippen LogP contribution < -0.4 is 5.73 Å². The van der Waals surface area contributed by atoms with E-state index in [2.05, 4.69) is 0 Å². The highest BCUT2D eigenvalue weighted by molar-refractivity contribution is 5.89. The summed E-state index contributed by atoms with van der Waals surface area (Å²) in [4.78, 5) is 23.2. The maximum Gasteiger partial charge on any atom is 0.487 e. The van der Waals surface area contributed by atoms with E-state index in [0.717, 1.165) is 0 Å². The van der Waals surface area contributed by atoms with Gasteiger partial charge in [0.2, 0.25) is 5.60 Å². The molecule has 0 radical (unpaired) electrons. The van der Waals surface area contributed by atoms with Crippen molar-refractivity contribution in [3.8, 4) is 0 Å². The van der Waals surface area contributed by atoms with Gasteiger partial charge in [0.25, 0.3) is 5.91 Å². The highest BCUT2D eigenvalue weighted by Crippen LogP contribution is 2.40. The topological polar surface area (TPSA) is 72.6 Å². The first-order chi connectivity index (χ1) is 9.77. The minimum atomic E-state index is -4.83. The van der Waals surface area contributed by atoms with Gasteiger partial charge in [-0.3, -0.25) is 4.79 Å². The molecule has 1 aromatic rings. The zero-order valence-corrected chi connectivity index (χ0v) is 10.9. The predicted octanol–water partition coefficient (Wildman–Crippen LogP) is 2.12. The lowest BCUT2D eigenvalue weighted by Gasteiger charge is -2.41. The molecule has 1 atom stereocenters. The van der Waals surface area contributed by atoms with E-state index in [0.29, 0.717) is 0 Å². The van der Waals surface area contributed by atoms with Gasteiger partial charge in [-0.2, -0.15) is 0 Å². The van der Waals surface area contributed by atoms with Crippen molar-refractivity contribution in [2.45, 2.75) is 24.7 Å². The van der Waals surface area contributed by atoms with Crippen LogP contribution in [0.1, 0.15) is 18.4 Å². The van der Waals surface area contributed by atoms with Crippen molar-refractivity contribution in [3.63, 3.8) is 0 Å². The lowest BCUT2D eigenvalue weighted by Crippen LogP contribution is -2.58. The van der Waals surface area contributed by atoms with Crippen LogP contribution in [0.25, 0.3) is 0 Å². The number of piperidine rings is 1. The zero-order valence-electron chi connectivity index (χ0n) is 10.9. The molecular weight excluding hydrogens is 289 g/mol. The van der Waals surface area contributed by atoms with E-state index < -0.39 is 30.4 Å². The number of rotatable bonds is 2. The average molecular weight is 302 g/mol. The van der Waals surface area contributed by atoms with Crippen LogP contribution in [0.3, 0.4) is 0 Å². The normalized spacial score (nSPS) is 23.0. The lowest BCUT2D eigenvalue weighted by molar-refractivity contribution is -0.255. The molecule has 2 rings (SSSR count). The van der Waals surface area contributed by atoms with Crippen molar-refractivity contribution in [1.82, 2.24) is 4.90 Å². The summed E-state index contributed by atoms with van der Waals surface area (Å²) in [6.07, 6.45) is -6.15. The third-order valence-electron chi connectivity index (χ3n) is 3.32. The fourth-order valence-electron chi connectivity index (χ4n) is 2.46.